The van der Waals surface area contributed by atoms with E-state index in [1.807, 2.05) is 115 Å². The van der Waals surface area contributed by atoms with Crippen LogP contribution >= 0.6 is 0 Å². The molecule has 7 aromatic rings. The first-order valence-electron chi connectivity index (χ1n) is 19.9. The molecule has 14 heteroatoms. The predicted octanol–water partition coefficient (Wildman–Crippen LogP) is 7.98. The Labute approximate surface area is 359 Å². The lowest BCUT2D eigenvalue weighted by Crippen LogP contribution is -2.35. The summed E-state index contributed by atoms with van der Waals surface area (Å²) in [6.07, 6.45) is 2.22. The maximum absolute atomic E-state index is 13.9. The van der Waals surface area contributed by atoms with Gasteiger partial charge in [-0.3, -0.25) is 4.79 Å². The van der Waals surface area contributed by atoms with Crippen molar-refractivity contribution in [3.63, 3.8) is 0 Å². The topological polar surface area (TPSA) is 154 Å². The first kappa shape index (κ1) is 42.7. The molecule has 0 unspecified atom stereocenters. The fourth-order valence-electron chi connectivity index (χ4n) is 7.04. The monoisotopic (exact) mass is 833 g/mol. The lowest BCUT2D eigenvalue weighted by molar-refractivity contribution is -0.122. The molecular weight excluding hydrogens is 787 g/mol. The number of hydrogen-bond acceptors (Lipinski definition) is 11. The minimum absolute atomic E-state index is 0.0187. The van der Waals surface area contributed by atoms with Gasteiger partial charge in [0.05, 0.1) is 51.4 Å². The van der Waals surface area contributed by atoms with Crippen molar-refractivity contribution < 1.29 is 33.6 Å². The first-order chi connectivity index (χ1) is 30.2. The number of aliphatic hydroxyl groups is 1. The van der Waals surface area contributed by atoms with Gasteiger partial charge in [0.2, 0.25) is 0 Å². The number of aliphatic hydroxyl groups excluding tert-OH is 1. The van der Waals surface area contributed by atoms with Crippen molar-refractivity contribution in [2.75, 3.05) is 46.4 Å². The van der Waals surface area contributed by atoms with E-state index >= 15 is 0 Å². The summed E-state index contributed by atoms with van der Waals surface area (Å²) in [6.45, 7) is -0.461. The van der Waals surface area contributed by atoms with Crippen LogP contribution < -0.4 is 19.1 Å². The van der Waals surface area contributed by atoms with Crippen LogP contribution in [0.3, 0.4) is 0 Å². The molecule has 1 amide bonds. The van der Waals surface area contributed by atoms with E-state index in [2.05, 4.69) is 19.9 Å². The zero-order valence-electron chi connectivity index (χ0n) is 34.9. The number of imidazole rings is 1. The summed E-state index contributed by atoms with van der Waals surface area (Å²) in [5.41, 5.74) is 3.03. The van der Waals surface area contributed by atoms with E-state index in [-0.39, 0.29) is 49.4 Å². The number of aromatic nitrogens is 4. The van der Waals surface area contributed by atoms with Crippen molar-refractivity contribution in [3.05, 3.63) is 163 Å². The smallest absolute Gasteiger partial charge is 0.426 e. The molecule has 0 radical (unpaired) electrons. The van der Waals surface area contributed by atoms with Crippen LogP contribution in [0.15, 0.2) is 151 Å². The van der Waals surface area contributed by atoms with E-state index < -0.39 is 17.6 Å². The van der Waals surface area contributed by atoms with E-state index in [4.69, 9.17) is 18.9 Å². The van der Waals surface area contributed by atoms with Crippen molar-refractivity contribution in [1.29, 1.82) is 0 Å². The zero-order chi connectivity index (χ0) is 43.5. The molecule has 5 aromatic carbocycles. The van der Waals surface area contributed by atoms with E-state index in [1.54, 1.807) is 62.0 Å². The van der Waals surface area contributed by atoms with Gasteiger partial charge in [0.1, 0.15) is 17.1 Å². The number of amides is 1. The summed E-state index contributed by atoms with van der Waals surface area (Å²) in [7, 11) is 6.83. The third-order valence-corrected chi connectivity index (χ3v) is 10.1. The Hall–Kier alpha value is -7.42. The van der Waals surface area contributed by atoms with Gasteiger partial charge in [-0.2, -0.15) is 9.97 Å². The van der Waals surface area contributed by atoms with Gasteiger partial charge in [0.15, 0.2) is 22.8 Å². The summed E-state index contributed by atoms with van der Waals surface area (Å²) in [4.78, 5) is 49.0. The minimum atomic E-state index is -1.14. The molecule has 2 heterocycles. The largest absolute Gasteiger partial charge is 0.497 e. The van der Waals surface area contributed by atoms with E-state index in [0.717, 1.165) is 16.7 Å². The van der Waals surface area contributed by atoms with Gasteiger partial charge in [-0.05, 0) is 65.2 Å². The van der Waals surface area contributed by atoms with Crippen LogP contribution in [0.1, 0.15) is 23.1 Å². The molecule has 7 rings (SSSR count). The van der Waals surface area contributed by atoms with Crippen LogP contribution in [0.25, 0.3) is 11.2 Å². The van der Waals surface area contributed by atoms with Gasteiger partial charge >= 0.3 is 12.1 Å². The van der Waals surface area contributed by atoms with Gasteiger partial charge in [0.25, 0.3) is 0 Å². The number of rotatable bonds is 18. The molecule has 0 aliphatic rings. The van der Waals surface area contributed by atoms with Crippen LogP contribution in [0, 0.1) is 5.92 Å². The van der Waals surface area contributed by atoms with Crippen LogP contribution in [-0.2, 0) is 21.7 Å². The summed E-state index contributed by atoms with van der Waals surface area (Å²) >= 11 is 0. The SMILES string of the molecule is COc1ccc(C(OC[C@@H](CO)CC(=O)Cn2cnc3c(N=CN(C)C)nc(OC(=O)N(c4ccccc4)c4ccccc4)nc32)(c2ccccc2)c2ccc(OC)cc2)cc1. The Morgan fingerprint density at radius 3 is 1.81 bits per heavy atom. The number of ether oxygens (including phenoxy) is 4. The van der Waals surface area contributed by atoms with Crippen LogP contribution in [0.4, 0.5) is 22.0 Å². The Morgan fingerprint density at radius 2 is 1.29 bits per heavy atom. The molecule has 2 aromatic heterocycles. The molecule has 0 bridgehead atoms. The number of anilines is 2. The maximum Gasteiger partial charge on any atom is 0.426 e. The second kappa shape index (κ2) is 19.8. The average Bonchev–Trinajstić information content (AvgIpc) is 3.71. The molecule has 0 aliphatic heterocycles. The standard InChI is InChI=1S/C48H47N7O7/c1-53(2)32-50-44-43-45(52-46(51-44)62-47(58)55(38-16-10-6-11-17-38)39-18-12-7-13-19-39)54(33-49-43)29-40(57)28-34(30-56)31-61-48(35-14-8-5-9-15-35,36-20-24-41(59-3)25-21-36)37-22-26-42(60-4)27-23-37/h5-27,32-34,56H,28-31H2,1-4H3/t34-/m1/s1. The highest BCUT2D eigenvalue weighted by atomic mass is 16.6. The van der Waals surface area contributed by atoms with Crippen LogP contribution in [-0.4, -0.2) is 89.3 Å². The molecular formula is C48H47N7O7. The predicted molar refractivity (Wildman–Crippen MR) is 237 cm³/mol. The molecule has 1 atom stereocenters. The van der Waals surface area contributed by atoms with Gasteiger partial charge in [0, 0.05) is 33.0 Å². The number of benzene rings is 5. The average molecular weight is 834 g/mol. The minimum Gasteiger partial charge on any atom is -0.497 e. The number of Topliss-reactive ketones (excluding diaryl/α,β-unsaturated/α-hetero) is 1. The van der Waals surface area contributed by atoms with Gasteiger partial charge in [-0.25, -0.2) is 19.7 Å². The van der Waals surface area contributed by atoms with Crippen LogP contribution in [0.2, 0.25) is 0 Å². The molecule has 62 heavy (non-hydrogen) atoms. The van der Waals surface area contributed by atoms with Crippen molar-refractivity contribution >= 4 is 46.6 Å². The van der Waals surface area contributed by atoms with Gasteiger partial charge in [-0.15, -0.1) is 0 Å². The van der Waals surface area contributed by atoms with Crippen molar-refractivity contribution in [2.45, 2.75) is 18.6 Å². The van der Waals surface area contributed by atoms with E-state index in [0.29, 0.717) is 28.4 Å². The fourth-order valence-corrected chi connectivity index (χ4v) is 7.04. The van der Waals surface area contributed by atoms with Crippen LogP contribution in [0.5, 0.6) is 17.5 Å². The number of nitrogens with zero attached hydrogens (tertiary/aromatic N) is 7. The number of hydrogen-bond donors (Lipinski definition) is 1. The lowest BCUT2D eigenvalue weighted by Gasteiger charge is -2.37. The molecule has 316 valence electrons. The quantitative estimate of drug-likeness (QED) is 0.0509. The zero-order valence-corrected chi connectivity index (χ0v) is 34.9. The summed E-state index contributed by atoms with van der Waals surface area (Å²) in [6, 6.07) is 42.9. The Morgan fingerprint density at radius 1 is 0.758 bits per heavy atom. The molecule has 14 nitrogen and oxygen atoms in total. The molecule has 0 spiro atoms. The Balaban J connectivity index is 1.16. The second-order valence-corrected chi connectivity index (χ2v) is 14.6. The third-order valence-electron chi connectivity index (χ3n) is 10.1. The molecule has 1 N–H and O–H groups in total. The number of para-hydroxylation sites is 2. The number of methoxy groups -OCH3 is 2. The Bertz CT molecular complexity index is 2500. The highest BCUT2D eigenvalue weighted by Crippen LogP contribution is 2.42. The third kappa shape index (κ3) is 9.62. The molecule has 0 saturated heterocycles. The summed E-state index contributed by atoms with van der Waals surface area (Å²) in [5, 5.41) is 10.7. The number of fused-ring (bicyclic) bond motifs is 1. The first-order valence-corrected chi connectivity index (χ1v) is 19.9. The molecule has 0 aliphatic carbocycles. The Kier molecular flexibility index (Phi) is 13.6. The van der Waals surface area contributed by atoms with Crippen molar-refractivity contribution in [2.24, 2.45) is 10.9 Å². The lowest BCUT2D eigenvalue weighted by atomic mass is 9.79. The summed E-state index contributed by atoms with van der Waals surface area (Å²) in [5.74, 6) is 0.695. The normalized spacial score (nSPS) is 12.0. The second-order valence-electron chi connectivity index (χ2n) is 14.6. The number of ketones is 1. The van der Waals surface area contributed by atoms with Crippen molar-refractivity contribution in [3.8, 4) is 17.5 Å². The molecule has 0 fully saturated rings. The van der Waals surface area contributed by atoms with E-state index in [1.165, 1.54) is 17.6 Å². The summed E-state index contributed by atoms with van der Waals surface area (Å²) < 4.78 is 25.3. The van der Waals surface area contributed by atoms with E-state index in [9.17, 15) is 14.7 Å². The number of carbonyl (C=O) groups excluding carboxylic acids is 2. The highest BCUT2D eigenvalue weighted by Gasteiger charge is 2.39. The van der Waals surface area contributed by atoms with Crippen molar-refractivity contribution in [1.82, 2.24) is 24.4 Å². The van der Waals surface area contributed by atoms with Gasteiger partial charge < -0.3 is 33.5 Å². The maximum atomic E-state index is 13.9. The number of carbonyl (C=O) groups is 2. The van der Waals surface area contributed by atoms with Gasteiger partial charge in [-0.1, -0.05) is 91.0 Å². The molecule has 0 saturated carbocycles. The fraction of sp³-hybridized carbons (Fsp3) is 0.208. The highest BCUT2D eigenvalue weighted by molar-refractivity contribution is 5.97. The number of aliphatic imine (C=N–C) groups is 1.